The standard InChI is InChI=1S/C18H20N2O2/c1-14-7-9-15(10-8-14)22-12-11-20-17-6-4-3-5-16(17)19-18(20)13-21-2/h3-10H,11-13H2,1-2H3. The monoisotopic (exact) mass is 296 g/mol. The molecule has 1 heterocycles. The van der Waals surface area contributed by atoms with E-state index in [2.05, 4.69) is 34.7 Å². The van der Waals surface area contributed by atoms with Crippen molar-refractivity contribution in [2.24, 2.45) is 0 Å². The molecule has 0 aliphatic carbocycles. The van der Waals surface area contributed by atoms with Gasteiger partial charge in [0.2, 0.25) is 0 Å². The first-order chi connectivity index (χ1) is 10.8. The number of methoxy groups -OCH3 is 1. The van der Waals surface area contributed by atoms with Crippen LogP contribution < -0.4 is 4.74 Å². The van der Waals surface area contributed by atoms with Crippen molar-refractivity contribution in [1.82, 2.24) is 9.55 Å². The van der Waals surface area contributed by atoms with Crippen LogP contribution in [-0.2, 0) is 17.9 Å². The predicted octanol–water partition coefficient (Wildman–Crippen LogP) is 3.57. The van der Waals surface area contributed by atoms with Crippen LogP contribution in [-0.4, -0.2) is 23.3 Å². The fourth-order valence-electron chi connectivity index (χ4n) is 2.50. The Kier molecular flexibility index (Phi) is 4.39. The van der Waals surface area contributed by atoms with Gasteiger partial charge in [-0.25, -0.2) is 4.98 Å². The number of fused-ring (bicyclic) bond motifs is 1. The van der Waals surface area contributed by atoms with E-state index in [0.717, 1.165) is 29.2 Å². The normalized spacial score (nSPS) is 11.0. The third-order valence-corrected chi connectivity index (χ3v) is 3.61. The Labute approximate surface area is 130 Å². The lowest BCUT2D eigenvalue weighted by atomic mass is 10.2. The highest BCUT2D eigenvalue weighted by atomic mass is 16.5. The lowest BCUT2D eigenvalue weighted by Crippen LogP contribution is -2.11. The second-order valence-corrected chi connectivity index (χ2v) is 5.26. The molecule has 0 bridgehead atoms. The van der Waals surface area contributed by atoms with E-state index >= 15 is 0 Å². The molecule has 2 aromatic carbocycles. The Morgan fingerprint density at radius 1 is 1.05 bits per heavy atom. The molecule has 3 rings (SSSR count). The number of nitrogens with zero attached hydrogens (tertiary/aromatic N) is 2. The molecule has 22 heavy (non-hydrogen) atoms. The second-order valence-electron chi connectivity index (χ2n) is 5.26. The molecule has 0 saturated heterocycles. The maximum absolute atomic E-state index is 5.83. The molecular formula is C18H20N2O2. The first kappa shape index (κ1) is 14.6. The van der Waals surface area contributed by atoms with Crippen molar-refractivity contribution in [1.29, 1.82) is 0 Å². The summed E-state index contributed by atoms with van der Waals surface area (Å²) in [5.41, 5.74) is 3.34. The molecule has 0 fully saturated rings. The Morgan fingerprint density at radius 3 is 2.59 bits per heavy atom. The van der Waals surface area contributed by atoms with Gasteiger partial charge in [0.05, 0.1) is 17.6 Å². The summed E-state index contributed by atoms with van der Waals surface area (Å²) in [4.78, 5) is 4.62. The number of imidazole rings is 1. The maximum Gasteiger partial charge on any atom is 0.136 e. The molecule has 0 amide bonds. The van der Waals surface area contributed by atoms with Crippen molar-refractivity contribution in [2.75, 3.05) is 13.7 Å². The van der Waals surface area contributed by atoms with Crippen LogP contribution in [0.2, 0.25) is 0 Å². The number of aromatic nitrogens is 2. The van der Waals surface area contributed by atoms with Crippen molar-refractivity contribution in [2.45, 2.75) is 20.1 Å². The first-order valence-electron chi connectivity index (χ1n) is 7.40. The lowest BCUT2D eigenvalue weighted by molar-refractivity contribution is 0.173. The number of hydrogen-bond donors (Lipinski definition) is 0. The number of hydrogen-bond acceptors (Lipinski definition) is 3. The van der Waals surface area contributed by atoms with Crippen LogP contribution in [0.15, 0.2) is 48.5 Å². The summed E-state index contributed by atoms with van der Waals surface area (Å²) in [5.74, 6) is 1.82. The summed E-state index contributed by atoms with van der Waals surface area (Å²) in [7, 11) is 1.69. The molecule has 0 spiro atoms. The van der Waals surface area contributed by atoms with E-state index in [9.17, 15) is 0 Å². The van der Waals surface area contributed by atoms with Crippen LogP contribution in [0.5, 0.6) is 5.75 Å². The second kappa shape index (κ2) is 6.62. The SMILES string of the molecule is COCc1nc2ccccc2n1CCOc1ccc(C)cc1. The topological polar surface area (TPSA) is 36.3 Å². The van der Waals surface area contributed by atoms with Gasteiger partial charge in [0.1, 0.15) is 24.8 Å². The zero-order chi connectivity index (χ0) is 15.4. The van der Waals surface area contributed by atoms with E-state index in [1.807, 2.05) is 30.3 Å². The summed E-state index contributed by atoms with van der Waals surface area (Å²) in [6.45, 7) is 3.91. The summed E-state index contributed by atoms with van der Waals surface area (Å²) < 4.78 is 13.2. The molecule has 4 nitrogen and oxygen atoms in total. The van der Waals surface area contributed by atoms with Gasteiger partial charge in [0, 0.05) is 7.11 Å². The molecule has 0 unspecified atom stereocenters. The minimum Gasteiger partial charge on any atom is -0.492 e. The van der Waals surface area contributed by atoms with E-state index in [-0.39, 0.29) is 0 Å². The zero-order valence-electron chi connectivity index (χ0n) is 13.0. The van der Waals surface area contributed by atoms with Gasteiger partial charge < -0.3 is 14.0 Å². The Hall–Kier alpha value is -2.33. The number of aryl methyl sites for hydroxylation is 1. The Morgan fingerprint density at radius 2 is 1.82 bits per heavy atom. The van der Waals surface area contributed by atoms with Gasteiger partial charge in [-0.15, -0.1) is 0 Å². The van der Waals surface area contributed by atoms with Gasteiger partial charge in [-0.3, -0.25) is 0 Å². The quantitative estimate of drug-likeness (QED) is 0.697. The molecular weight excluding hydrogens is 276 g/mol. The number of benzene rings is 2. The lowest BCUT2D eigenvalue weighted by Gasteiger charge is -2.10. The van der Waals surface area contributed by atoms with Gasteiger partial charge in [-0.05, 0) is 31.2 Å². The van der Waals surface area contributed by atoms with Gasteiger partial charge in [0.15, 0.2) is 0 Å². The zero-order valence-corrected chi connectivity index (χ0v) is 13.0. The molecule has 1 aromatic heterocycles. The van der Waals surface area contributed by atoms with Crippen LogP contribution >= 0.6 is 0 Å². The highest BCUT2D eigenvalue weighted by molar-refractivity contribution is 5.75. The number of ether oxygens (including phenoxy) is 2. The summed E-state index contributed by atoms with van der Waals surface area (Å²) in [6, 6.07) is 16.2. The van der Waals surface area contributed by atoms with Crippen molar-refractivity contribution in [3.05, 3.63) is 59.9 Å². The van der Waals surface area contributed by atoms with Gasteiger partial charge >= 0.3 is 0 Å². The molecule has 0 N–H and O–H groups in total. The van der Waals surface area contributed by atoms with E-state index in [4.69, 9.17) is 9.47 Å². The first-order valence-corrected chi connectivity index (χ1v) is 7.40. The van der Waals surface area contributed by atoms with E-state index in [1.165, 1.54) is 5.56 Å². The highest BCUT2D eigenvalue weighted by Gasteiger charge is 2.09. The molecule has 0 radical (unpaired) electrons. The average Bonchev–Trinajstić information content (AvgIpc) is 2.88. The fraction of sp³-hybridized carbons (Fsp3) is 0.278. The molecule has 0 aliphatic rings. The van der Waals surface area contributed by atoms with Gasteiger partial charge in [-0.2, -0.15) is 0 Å². The van der Waals surface area contributed by atoms with Crippen LogP contribution in [0.25, 0.3) is 11.0 Å². The highest BCUT2D eigenvalue weighted by Crippen LogP contribution is 2.17. The van der Waals surface area contributed by atoms with E-state index in [1.54, 1.807) is 7.11 Å². The summed E-state index contributed by atoms with van der Waals surface area (Å²) >= 11 is 0. The van der Waals surface area contributed by atoms with E-state index < -0.39 is 0 Å². The van der Waals surface area contributed by atoms with Crippen molar-refractivity contribution in [3.63, 3.8) is 0 Å². The molecule has 4 heteroatoms. The Bertz CT molecular complexity index is 747. The smallest absolute Gasteiger partial charge is 0.136 e. The van der Waals surface area contributed by atoms with Crippen LogP contribution in [0, 0.1) is 6.92 Å². The van der Waals surface area contributed by atoms with Crippen molar-refractivity contribution < 1.29 is 9.47 Å². The van der Waals surface area contributed by atoms with Gasteiger partial charge in [0.25, 0.3) is 0 Å². The summed E-state index contributed by atoms with van der Waals surface area (Å²) in [5, 5.41) is 0. The van der Waals surface area contributed by atoms with Crippen LogP contribution in [0.3, 0.4) is 0 Å². The van der Waals surface area contributed by atoms with Gasteiger partial charge in [-0.1, -0.05) is 29.8 Å². The maximum atomic E-state index is 5.83. The van der Waals surface area contributed by atoms with Crippen molar-refractivity contribution >= 4 is 11.0 Å². The number of para-hydroxylation sites is 2. The van der Waals surface area contributed by atoms with Crippen molar-refractivity contribution in [3.8, 4) is 5.75 Å². The third-order valence-electron chi connectivity index (χ3n) is 3.61. The average molecular weight is 296 g/mol. The fourth-order valence-corrected chi connectivity index (χ4v) is 2.50. The molecule has 0 atom stereocenters. The largest absolute Gasteiger partial charge is 0.492 e. The molecule has 0 saturated carbocycles. The molecule has 0 aliphatic heterocycles. The number of rotatable bonds is 6. The minimum atomic E-state index is 0.499. The molecule has 114 valence electrons. The Balaban J connectivity index is 1.74. The van der Waals surface area contributed by atoms with Crippen LogP contribution in [0.4, 0.5) is 0 Å². The van der Waals surface area contributed by atoms with Crippen LogP contribution in [0.1, 0.15) is 11.4 Å². The summed E-state index contributed by atoms with van der Waals surface area (Å²) in [6.07, 6.45) is 0. The minimum absolute atomic E-state index is 0.499. The third kappa shape index (κ3) is 3.12. The van der Waals surface area contributed by atoms with E-state index in [0.29, 0.717) is 13.2 Å². The molecule has 3 aromatic rings. The predicted molar refractivity (Wildman–Crippen MR) is 87.1 cm³/mol.